The lowest BCUT2D eigenvalue weighted by Crippen LogP contribution is -2.10. The molecule has 0 radical (unpaired) electrons. The Morgan fingerprint density at radius 3 is 2.90 bits per heavy atom. The number of ether oxygens (including phenoxy) is 2. The van der Waals surface area contributed by atoms with Gasteiger partial charge < -0.3 is 24.9 Å². The number of nitrogens with two attached hydrogens (primary N) is 1. The lowest BCUT2D eigenvalue weighted by atomic mass is 10.2. The van der Waals surface area contributed by atoms with Crippen LogP contribution in [0, 0.1) is 0 Å². The summed E-state index contributed by atoms with van der Waals surface area (Å²) in [5.41, 5.74) is 7.12. The fourth-order valence-electron chi connectivity index (χ4n) is 1.90. The van der Waals surface area contributed by atoms with E-state index < -0.39 is 5.97 Å². The molecule has 21 heavy (non-hydrogen) atoms. The smallest absolute Gasteiger partial charge is 0.335 e. The highest BCUT2D eigenvalue weighted by Gasteiger charge is 2.07. The van der Waals surface area contributed by atoms with Crippen LogP contribution in [0.15, 0.2) is 24.5 Å². The minimum absolute atomic E-state index is 0.234. The molecule has 1 aromatic carbocycles. The van der Waals surface area contributed by atoms with Gasteiger partial charge in [0.1, 0.15) is 6.79 Å². The van der Waals surface area contributed by atoms with Crippen LogP contribution in [0.25, 0.3) is 11.0 Å². The topological polar surface area (TPSA) is 99.6 Å². The van der Waals surface area contributed by atoms with Gasteiger partial charge in [0.05, 0.1) is 36.1 Å². The van der Waals surface area contributed by atoms with Crippen LogP contribution in [0.4, 0.5) is 0 Å². The number of aromatic nitrogens is 2. The number of nitrogens with zero attached hydrogens (tertiary/aromatic N) is 2. The fourth-order valence-corrected chi connectivity index (χ4v) is 1.90. The van der Waals surface area contributed by atoms with Crippen molar-refractivity contribution in [3.8, 4) is 0 Å². The van der Waals surface area contributed by atoms with Gasteiger partial charge in [-0.2, -0.15) is 0 Å². The van der Waals surface area contributed by atoms with Crippen LogP contribution in [0.5, 0.6) is 0 Å². The van der Waals surface area contributed by atoms with Crippen LogP contribution in [-0.2, 0) is 16.0 Å². The number of carboxylic acids is 1. The largest absolute Gasteiger partial charge is 0.478 e. The molecule has 2 aromatic rings. The third-order valence-corrected chi connectivity index (χ3v) is 3.00. The predicted octanol–water partition coefficient (Wildman–Crippen LogP) is 1.07. The van der Waals surface area contributed by atoms with Gasteiger partial charge in [-0.05, 0) is 31.2 Å². The molecule has 1 heterocycles. The van der Waals surface area contributed by atoms with Crippen LogP contribution in [0.1, 0.15) is 16.8 Å². The maximum Gasteiger partial charge on any atom is 0.335 e. The second kappa shape index (κ2) is 7.72. The molecule has 114 valence electrons. The molecule has 0 saturated carbocycles. The summed E-state index contributed by atoms with van der Waals surface area (Å²) in [4.78, 5) is 15.1. The number of carbonyl (C=O) groups is 1. The lowest BCUT2D eigenvalue weighted by Gasteiger charge is -2.07. The Balaban J connectivity index is 1.84. The zero-order chi connectivity index (χ0) is 15.1. The Hall–Kier alpha value is -1.96. The van der Waals surface area contributed by atoms with Crippen molar-refractivity contribution < 1.29 is 19.4 Å². The number of imidazole rings is 1. The molecule has 7 heteroatoms. The summed E-state index contributed by atoms with van der Waals surface area (Å²) >= 11 is 0. The van der Waals surface area contributed by atoms with E-state index in [1.807, 2.05) is 4.57 Å². The van der Waals surface area contributed by atoms with Crippen molar-refractivity contribution >= 4 is 17.0 Å². The third-order valence-electron chi connectivity index (χ3n) is 3.00. The molecule has 0 aliphatic carbocycles. The molecule has 1 aromatic heterocycles. The maximum atomic E-state index is 10.9. The van der Waals surface area contributed by atoms with E-state index in [0.717, 1.165) is 11.9 Å². The Bertz CT molecular complexity index is 597. The van der Waals surface area contributed by atoms with E-state index in [4.69, 9.17) is 20.3 Å². The van der Waals surface area contributed by atoms with E-state index in [1.165, 1.54) is 0 Å². The van der Waals surface area contributed by atoms with E-state index in [-0.39, 0.29) is 12.4 Å². The van der Waals surface area contributed by atoms with Gasteiger partial charge in [-0.3, -0.25) is 0 Å². The molecule has 0 aliphatic heterocycles. The molecular formula is C14H19N3O4. The third kappa shape index (κ3) is 4.25. The van der Waals surface area contributed by atoms with Gasteiger partial charge in [0.25, 0.3) is 0 Å². The Morgan fingerprint density at radius 2 is 2.14 bits per heavy atom. The predicted molar refractivity (Wildman–Crippen MR) is 77.1 cm³/mol. The van der Waals surface area contributed by atoms with Gasteiger partial charge in [-0.25, -0.2) is 9.78 Å². The van der Waals surface area contributed by atoms with Crippen molar-refractivity contribution in [3.05, 3.63) is 30.1 Å². The zero-order valence-corrected chi connectivity index (χ0v) is 11.7. The summed E-state index contributed by atoms with van der Waals surface area (Å²) in [6.07, 6.45) is 2.50. The van der Waals surface area contributed by atoms with Crippen LogP contribution >= 0.6 is 0 Å². The Labute approximate surface area is 122 Å². The highest BCUT2D eigenvalue weighted by atomic mass is 16.7. The van der Waals surface area contributed by atoms with Gasteiger partial charge >= 0.3 is 5.97 Å². The first-order valence-electron chi connectivity index (χ1n) is 6.76. The van der Waals surface area contributed by atoms with Crippen LogP contribution in [-0.4, -0.2) is 47.2 Å². The molecule has 7 nitrogen and oxygen atoms in total. The van der Waals surface area contributed by atoms with Gasteiger partial charge in [0.15, 0.2) is 0 Å². The summed E-state index contributed by atoms with van der Waals surface area (Å²) in [5.74, 6) is -0.954. The second-order valence-corrected chi connectivity index (χ2v) is 4.52. The Morgan fingerprint density at radius 1 is 1.33 bits per heavy atom. The van der Waals surface area contributed by atoms with E-state index >= 15 is 0 Å². The van der Waals surface area contributed by atoms with Crippen molar-refractivity contribution in [3.63, 3.8) is 0 Å². The van der Waals surface area contributed by atoms with Crippen molar-refractivity contribution in [1.29, 1.82) is 0 Å². The second-order valence-electron chi connectivity index (χ2n) is 4.52. The molecule has 2 rings (SSSR count). The average molecular weight is 293 g/mol. The first kappa shape index (κ1) is 15.4. The maximum absolute atomic E-state index is 10.9. The molecule has 0 unspecified atom stereocenters. The lowest BCUT2D eigenvalue weighted by molar-refractivity contribution is -0.0557. The summed E-state index contributed by atoms with van der Waals surface area (Å²) in [6.45, 7) is 2.58. The monoisotopic (exact) mass is 293 g/mol. The van der Waals surface area contributed by atoms with Crippen molar-refractivity contribution in [2.45, 2.75) is 13.0 Å². The van der Waals surface area contributed by atoms with Gasteiger partial charge in [-0.15, -0.1) is 0 Å². The van der Waals surface area contributed by atoms with Crippen LogP contribution < -0.4 is 5.73 Å². The molecule has 3 N–H and O–H groups in total. The number of hydrogen-bond donors (Lipinski definition) is 2. The standard InChI is InChI=1S/C14H19N3O4/c15-4-1-6-20-10-21-7-5-17-9-16-12-8-11(14(18)19)2-3-13(12)17/h2-3,8-9H,1,4-7,10,15H2,(H,18,19). The van der Waals surface area contributed by atoms with Gasteiger partial charge in [0.2, 0.25) is 0 Å². The molecule has 0 saturated heterocycles. The number of benzene rings is 1. The minimum atomic E-state index is -0.954. The van der Waals surface area contributed by atoms with Crippen LogP contribution in [0.3, 0.4) is 0 Å². The van der Waals surface area contributed by atoms with E-state index in [0.29, 0.717) is 31.8 Å². The van der Waals surface area contributed by atoms with E-state index in [9.17, 15) is 4.79 Å². The number of carboxylic acid groups (broad SMARTS) is 1. The molecule has 0 aliphatic rings. The molecule has 0 fully saturated rings. The molecule has 0 spiro atoms. The zero-order valence-electron chi connectivity index (χ0n) is 11.7. The van der Waals surface area contributed by atoms with Gasteiger partial charge in [-0.1, -0.05) is 0 Å². The summed E-state index contributed by atoms with van der Waals surface area (Å²) < 4.78 is 12.5. The van der Waals surface area contributed by atoms with Gasteiger partial charge in [0, 0.05) is 6.54 Å². The SMILES string of the molecule is NCCCOCOCCn1cnc2cc(C(=O)O)ccc21. The number of rotatable bonds is 9. The number of hydrogen-bond acceptors (Lipinski definition) is 5. The molecule has 0 atom stereocenters. The first-order chi connectivity index (χ1) is 10.2. The number of aromatic carboxylic acids is 1. The van der Waals surface area contributed by atoms with E-state index in [2.05, 4.69) is 4.98 Å². The Kier molecular flexibility index (Phi) is 5.68. The first-order valence-corrected chi connectivity index (χ1v) is 6.76. The molecular weight excluding hydrogens is 274 g/mol. The molecule has 0 bridgehead atoms. The number of fused-ring (bicyclic) bond motifs is 1. The summed E-state index contributed by atoms with van der Waals surface area (Å²) in [5, 5.41) is 8.94. The van der Waals surface area contributed by atoms with E-state index in [1.54, 1.807) is 24.5 Å². The van der Waals surface area contributed by atoms with Crippen LogP contribution in [0.2, 0.25) is 0 Å². The fraction of sp³-hybridized carbons (Fsp3) is 0.429. The highest BCUT2D eigenvalue weighted by molar-refractivity contribution is 5.92. The summed E-state index contributed by atoms with van der Waals surface area (Å²) in [6, 6.07) is 4.88. The van der Waals surface area contributed by atoms with Crippen molar-refractivity contribution in [1.82, 2.24) is 9.55 Å². The van der Waals surface area contributed by atoms with Crippen molar-refractivity contribution in [2.75, 3.05) is 26.6 Å². The van der Waals surface area contributed by atoms with Crippen molar-refractivity contribution in [2.24, 2.45) is 5.73 Å². The molecule has 0 amide bonds. The summed E-state index contributed by atoms with van der Waals surface area (Å²) in [7, 11) is 0. The average Bonchev–Trinajstić information content (AvgIpc) is 2.88. The highest BCUT2D eigenvalue weighted by Crippen LogP contribution is 2.15. The quantitative estimate of drug-likeness (QED) is 0.530. The normalized spacial score (nSPS) is 11.1. The minimum Gasteiger partial charge on any atom is -0.478 e.